The van der Waals surface area contributed by atoms with E-state index < -0.39 is 0 Å². The monoisotopic (exact) mass is 263 g/mol. The van der Waals surface area contributed by atoms with Gasteiger partial charge in [0, 0.05) is 24.9 Å². The fourth-order valence-electron chi connectivity index (χ4n) is 1.39. The molecule has 94 valence electrons. The van der Waals surface area contributed by atoms with Crippen LogP contribution in [0.2, 0.25) is 5.02 Å². The van der Waals surface area contributed by atoms with Crippen LogP contribution in [-0.2, 0) is 0 Å². The van der Waals surface area contributed by atoms with Crippen LogP contribution >= 0.6 is 11.6 Å². The Balaban J connectivity index is 2.09. The zero-order chi connectivity index (χ0) is 12.8. The van der Waals surface area contributed by atoms with Crippen LogP contribution in [0.3, 0.4) is 0 Å². The summed E-state index contributed by atoms with van der Waals surface area (Å²) in [5.41, 5.74) is 0. The smallest absolute Gasteiger partial charge is 0.221 e. The van der Waals surface area contributed by atoms with Crippen molar-refractivity contribution < 1.29 is 4.74 Å². The minimum absolute atomic E-state index is 0.514. The number of aromatic nitrogens is 2. The first kappa shape index (κ1) is 12.6. The summed E-state index contributed by atoms with van der Waals surface area (Å²) in [5.74, 6) is 1.88. The van der Waals surface area contributed by atoms with Crippen molar-refractivity contribution in [2.75, 3.05) is 11.9 Å². The van der Waals surface area contributed by atoms with Crippen LogP contribution in [0.25, 0.3) is 0 Å². The maximum Gasteiger partial charge on any atom is 0.221 e. The second-order valence-corrected chi connectivity index (χ2v) is 4.17. The van der Waals surface area contributed by atoms with Crippen molar-refractivity contribution in [2.45, 2.75) is 13.3 Å². The number of rotatable bonds is 5. The van der Waals surface area contributed by atoms with E-state index >= 15 is 0 Å². The molecule has 2 aromatic heterocycles. The lowest BCUT2D eigenvalue weighted by atomic mass is 10.4. The van der Waals surface area contributed by atoms with Gasteiger partial charge in [0.15, 0.2) is 0 Å². The van der Waals surface area contributed by atoms with Crippen molar-refractivity contribution in [1.82, 2.24) is 9.97 Å². The molecule has 0 atom stereocenters. The number of anilines is 1. The number of pyridine rings is 2. The van der Waals surface area contributed by atoms with E-state index in [4.69, 9.17) is 16.3 Å². The predicted molar refractivity (Wildman–Crippen MR) is 72.3 cm³/mol. The van der Waals surface area contributed by atoms with Gasteiger partial charge in [-0.2, -0.15) is 4.98 Å². The largest absolute Gasteiger partial charge is 0.437 e. The molecule has 0 aliphatic heterocycles. The van der Waals surface area contributed by atoms with E-state index in [2.05, 4.69) is 22.2 Å². The summed E-state index contributed by atoms with van der Waals surface area (Å²) in [5, 5.41) is 3.73. The van der Waals surface area contributed by atoms with Gasteiger partial charge in [0.05, 0.1) is 11.2 Å². The maximum atomic E-state index is 5.84. The van der Waals surface area contributed by atoms with Crippen molar-refractivity contribution in [2.24, 2.45) is 0 Å². The van der Waals surface area contributed by atoms with E-state index in [9.17, 15) is 0 Å². The van der Waals surface area contributed by atoms with Gasteiger partial charge in [-0.1, -0.05) is 24.6 Å². The molecule has 2 rings (SSSR count). The molecule has 0 aromatic carbocycles. The summed E-state index contributed by atoms with van der Waals surface area (Å²) >= 11 is 5.84. The van der Waals surface area contributed by atoms with Crippen LogP contribution in [0, 0.1) is 0 Å². The number of hydrogen-bond acceptors (Lipinski definition) is 4. The molecule has 0 aliphatic carbocycles. The predicted octanol–water partition coefficient (Wildman–Crippen LogP) is 3.74. The van der Waals surface area contributed by atoms with Crippen LogP contribution < -0.4 is 10.1 Å². The molecule has 0 bridgehead atoms. The van der Waals surface area contributed by atoms with Gasteiger partial charge in [-0.3, -0.25) is 4.98 Å². The Morgan fingerprint density at radius 2 is 2.22 bits per heavy atom. The maximum absolute atomic E-state index is 5.84. The molecule has 0 saturated carbocycles. The Kier molecular flexibility index (Phi) is 4.36. The van der Waals surface area contributed by atoms with Gasteiger partial charge in [-0.05, 0) is 12.5 Å². The highest BCUT2D eigenvalue weighted by Gasteiger charge is 2.01. The van der Waals surface area contributed by atoms with E-state index in [0.717, 1.165) is 18.8 Å². The fourth-order valence-corrected chi connectivity index (χ4v) is 1.56. The standard InChI is InChI=1S/C13H14ClN3O/c1-2-6-16-12-4-3-5-13(17-12)18-11-7-10(14)8-15-9-11/h3-5,7-9H,2,6H2,1H3,(H,16,17). The van der Waals surface area contributed by atoms with Gasteiger partial charge < -0.3 is 10.1 Å². The molecule has 0 unspecified atom stereocenters. The van der Waals surface area contributed by atoms with Crippen LogP contribution in [0.15, 0.2) is 36.7 Å². The minimum atomic E-state index is 0.514. The Morgan fingerprint density at radius 1 is 1.33 bits per heavy atom. The van der Waals surface area contributed by atoms with Crippen molar-refractivity contribution >= 4 is 17.4 Å². The molecule has 2 aromatic rings. The summed E-state index contributed by atoms with van der Waals surface area (Å²) in [7, 11) is 0. The number of ether oxygens (including phenoxy) is 1. The van der Waals surface area contributed by atoms with Crippen molar-refractivity contribution in [3.8, 4) is 11.6 Å². The number of halogens is 1. The van der Waals surface area contributed by atoms with E-state index in [1.165, 1.54) is 0 Å². The number of nitrogens with one attached hydrogen (secondary N) is 1. The van der Waals surface area contributed by atoms with Crippen molar-refractivity contribution in [1.29, 1.82) is 0 Å². The summed E-state index contributed by atoms with van der Waals surface area (Å²) in [6.45, 7) is 2.99. The van der Waals surface area contributed by atoms with Gasteiger partial charge in [0.25, 0.3) is 0 Å². The van der Waals surface area contributed by atoms with Crippen molar-refractivity contribution in [3.05, 3.63) is 41.7 Å². The van der Waals surface area contributed by atoms with Gasteiger partial charge in [0.1, 0.15) is 11.6 Å². The zero-order valence-corrected chi connectivity index (χ0v) is 10.8. The first-order valence-corrected chi connectivity index (χ1v) is 6.15. The van der Waals surface area contributed by atoms with E-state index in [1.54, 1.807) is 24.5 Å². The molecule has 1 N–H and O–H groups in total. The SMILES string of the molecule is CCCNc1cccc(Oc2cncc(Cl)c2)n1. The third-order valence-electron chi connectivity index (χ3n) is 2.18. The van der Waals surface area contributed by atoms with Crippen LogP contribution in [-0.4, -0.2) is 16.5 Å². The van der Waals surface area contributed by atoms with Crippen LogP contribution in [0.4, 0.5) is 5.82 Å². The second kappa shape index (κ2) is 6.21. The first-order chi connectivity index (χ1) is 8.78. The molecule has 0 amide bonds. The number of nitrogens with zero attached hydrogens (tertiary/aromatic N) is 2. The molecule has 0 radical (unpaired) electrons. The molecule has 2 heterocycles. The van der Waals surface area contributed by atoms with E-state index in [0.29, 0.717) is 16.7 Å². The highest BCUT2D eigenvalue weighted by molar-refractivity contribution is 6.30. The minimum Gasteiger partial charge on any atom is -0.437 e. The zero-order valence-electron chi connectivity index (χ0n) is 10.1. The van der Waals surface area contributed by atoms with Crippen molar-refractivity contribution in [3.63, 3.8) is 0 Å². The van der Waals surface area contributed by atoms with Gasteiger partial charge in [-0.25, -0.2) is 0 Å². The Hall–Kier alpha value is -1.81. The molecule has 0 spiro atoms. The number of hydrogen-bond donors (Lipinski definition) is 1. The Labute approximate surface area is 111 Å². The van der Waals surface area contributed by atoms with E-state index in [1.807, 2.05) is 12.1 Å². The molecular formula is C13H14ClN3O. The Bertz CT molecular complexity index is 519. The summed E-state index contributed by atoms with van der Waals surface area (Å²) in [6, 6.07) is 7.28. The summed E-state index contributed by atoms with van der Waals surface area (Å²) in [4.78, 5) is 8.28. The molecular weight excluding hydrogens is 250 g/mol. The van der Waals surface area contributed by atoms with Gasteiger partial charge >= 0.3 is 0 Å². The third-order valence-corrected chi connectivity index (χ3v) is 2.39. The lowest BCUT2D eigenvalue weighted by Gasteiger charge is -2.07. The molecule has 0 fully saturated rings. The van der Waals surface area contributed by atoms with Crippen LogP contribution in [0.5, 0.6) is 11.6 Å². The fraction of sp³-hybridized carbons (Fsp3) is 0.231. The molecule has 18 heavy (non-hydrogen) atoms. The average Bonchev–Trinajstić information content (AvgIpc) is 2.37. The normalized spacial score (nSPS) is 10.1. The summed E-state index contributed by atoms with van der Waals surface area (Å²) in [6.07, 6.45) is 4.20. The topological polar surface area (TPSA) is 47.0 Å². The highest BCUT2D eigenvalue weighted by atomic mass is 35.5. The molecule has 0 saturated heterocycles. The quantitative estimate of drug-likeness (QED) is 0.893. The Morgan fingerprint density at radius 3 is 3.00 bits per heavy atom. The van der Waals surface area contributed by atoms with Gasteiger partial charge in [-0.15, -0.1) is 0 Å². The van der Waals surface area contributed by atoms with Crippen LogP contribution in [0.1, 0.15) is 13.3 Å². The average molecular weight is 264 g/mol. The first-order valence-electron chi connectivity index (χ1n) is 5.77. The lowest BCUT2D eigenvalue weighted by Crippen LogP contribution is -2.02. The highest BCUT2D eigenvalue weighted by Crippen LogP contribution is 2.22. The lowest BCUT2D eigenvalue weighted by molar-refractivity contribution is 0.461. The molecule has 0 aliphatic rings. The molecule has 4 nitrogen and oxygen atoms in total. The summed E-state index contributed by atoms with van der Waals surface area (Å²) < 4.78 is 5.58. The molecule has 5 heteroatoms. The van der Waals surface area contributed by atoms with E-state index in [-0.39, 0.29) is 0 Å². The third kappa shape index (κ3) is 3.60. The second-order valence-electron chi connectivity index (χ2n) is 3.73. The van der Waals surface area contributed by atoms with Gasteiger partial charge in [0.2, 0.25) is 5.88 Å².